The topological polar surface area (TPSA) is 79.0 Å². The number of para-hydroxylation sites is 2. The molecule has 0 bridgehead atoms. The summed E-state index contributed by atoms with van der Waals surface area (Å²) >= 11 is 11.8. The van der Waals surface area contributed by atoms with Gasteiger partial charge >= 0.3 is 0 Å². The molecule has 1 aliphatic rings. The van der Waals surface area contributed by atoms with Gasteiger partial charge in [-0.15, -0.1) is 0 Å². The van der Waals surface area contributed by atoms with Crippen LogP contribution < -0.4 is 10.1 Å². The van der Waals surface area contributed by atoms with Crippen molar-refractivity contribution in [2.75, 3.05) is 45.2 Å². The molecule has 0 saturated carbocycles. The smallest absolute Gasteiger partial charge is 0.243 e. The van der Waals surface area contributed by atoms with Crippen molar-refractivity contribution in [1.82, 2.24) is 9.21 Å². The number of benzene rings is 2. The molecular formula is C20H23Cl2N3O4S. The molecular weight excluding hydrogens is 449 g/mol. The first-order chi connectivity index (χ1) is 14.3. The summed E-state index contributed by atoms with van der Waals surface area (Å²) in [6.07, 6.45) is 0.303. The lowest BCUT2D eigenvalue weighted by Crippen LogP contribution is -2.49. The molecule has 0 aromatic heterocycles. The molecule has 0 radical (unpaired) electrons. The fourth-order valence-corrected chi connectivity index (χ4v) is 5.01. The third-order valence-corrected chi connectivity index (χ3v) is 7.53. The second-order valence-electron chi connectivity index (χ2n) is 6.82. The van der Waals surface area contributed by atoms with Crippen LogP contribution in [0.1, 0.15) is 6.42 Å². The summed E-state index contributed by atoms with van der Waals surface area (Å²) in [5.41, 5.74) is 0.627. The number of ether oxygens (including phenoxy) is 1. The van der Waals surface area contributed by atoms with E-state index in [2.05, 4.69) is 10.2 Å². The van der Waals surface area contributed by atoms with Crippen LogP contribution in [0.25, 0.3) is 0 Å². The van der Waals surface area contributed by atoms with Gasteiger partial charge in [-0.2, -0.15) is 4.31 Å². The van der Waals surface area contributed by atoms with Crippen LogP contribution in [0.15, 0.2) is 47.4 Å². The number of hydrogen-bond donors (Lipinski definition) is 1. The molecule has 1 amide bonds. The number of nitrogens with one attached hydrogen (secondary N) is 1. The van der Waals surface area contributed by atoms with Gasteiger partial charge in [-0.25, -0.2) is 8.42 Å². The first-order valence-electron chi connectivity index (χ1n) is 9.41. The second kappa shape index (κ2) is 9.98. The molecule has 162 valence electrons. The van der Waals surface area contributed by atoms with E-state index in [4.69, 9.17) is 27.9 Å². The molecule has 7 nitrogen and oxygen atoms in total. The predicted octanol–water partition coefficient (Wildman–Crippen LogP) is 3.34. The molecule has 1 fully saturated rings. The first-order valence-corrected chi connectivity index (χ1v) is 11.6. The zero-order valence-electron chi connectivity index (χ0n) is 16.5. The van der Waals surface area contributed by atoms with Gasteiger partial charge in [-0.05, 0) is 30.3 Å². The maximum absolute atomic E-state index is 12.8. The van der Waals surface area contributed by atoms with Crippen molar-refractivity contribution in [2.24, 2.45) is 0 Å². The summed E-state index contributed by atoms with van der Waals surface area (Å²) in [7, 11) is -2.08. The molecule has 1 heterocycles. The third kappa shape index (κ3) is 5.44. The van der Waals surface area contributed by atoms with Gasteiger partial charge in [0.25, 0.3) is 0 Å². The normalized spacial score (nSPS) is 15.7. The van der Waals surface area contributed by atoms with Crippen LogP contribution in [0.5, 0.6) is 5.75 Å². The minimum Gasteiger partial charge on any atom is -0.495 e. The third-order valence-electron chi connectivity index (χ3n) is 4.90. The van der Waals surface area contributed by atoms with Gasteiger partial charge in [0.15, 0.2) is 0 Å². The summed E-state index contributed by atoms with van der Waals surface area (Å²) in [6, 6.07) is 11.5. The van der Waals surface area contributed by atoms with Crippen molar-refractivity contribution in [3.05, 3.63) is 52.5 Å². The van der Waals surface area contributed by atoms with Gasteiger partial charge < -0.3 is 15.0 Å². The van der Waals surface area contributed by atoms with Gasteiger partial charge in [0.1, 0.15) is 5.75 Å². The lowest BCUT2D eigenvalue weighted by Gasteiger charge is -2.33. The molecule has 1 N–H and O–H groups in total. The molecule has 1 aliphatic heterocycles. The van der Waals surface area contributed by atoms with Crippen LogP contribution in [0.4, 0.5) is 5.69 Å². The number of anilines is 1. The number of hydrogen-bond acceptors (Lipinski definition) is 5. The maximum atomic E-state index is 12.8. The first kappa shape index (κ1) is 22.8. The Kier molecular flexibility index (Phi) is 7.60. The van der Waals surface area contributed by atoms with Crippen LogP contribution in [-0.4, -0.2) is 63.4 Å². The van der Waals surface area contributed by atoms with Crippen molar-refractivity contribution in [2.45, 2.75) is 11.3 Å². The Labute approximate surface area is 186 Å². The molecule has 0 unspecified atom stereocenters. The number of methoxy groups -OCH3 is 1. The van der Waals surface area contributed by atoms with Crippen LogP contribution in [0.2, 0.25) is 10.0 Å². The fraction of sp³-hybridized carbons (Fsp3) is 0.350. The Morgan fingerprint density at radius 1 is 1.07 bits per heavy atom. The van der Waals surface area contributed by atoms with E-state index in [1.54, 1.807) is 19.2 Å². The summed E-state index contributed by atoms with van der Waals surface area (Å²) in [4.78, 5) is 14.5. The minimum atomic E-state index is -3.63. The number of nitrogens with zero attached hydrogens (tertiary/aromatic N) is 2. The van der Waals surface area contributed by atoms with E-state index in [9.17, 15) is 13.2 Å². The van der Waals surface area contributed by atoms with Crippen molar-refractivity contribution in [1.29, 1.82) is 0 Å². The van der Waals surface area contributed by atoms with E-state index < -0.39 is 10.0 Å². The zero-order valence-corrected chi connectivity index (χ0v) is 18.8. The lowest BCUT2D eigenvalue weighted by atomic mass is 10.2. The number of amides is 1. The van der Waals surface area contributed by atoms with Crippen molar-refractivity contribution in [3.63, 3.8) is 0 Å². The minimum absolute atomic E-state index is 0.120. The molecule has 0 atom stereocenters. The quantitative estimate of drug-likeness (QED) is 0.669. The van der Waals surface area contributed by atoms with E-state index >= 15 is 0 Å². The fourth-order valence-electron chi connectivity index (χ4n) is 3.20. The highest BCUT2D eigenvalue weighted by Crippen LogP contribution is 2.27. The van der Waals surface area contributed by atoms with Crippen LogP contribution >= 0.6 is 23.2 Å². The Morgan fingerprint density at radius 2 is 1.77 bits per heavy atom. The molecule has 30 heavy (non-hydrogen) atoms. The average Bonchev–Trinajstić information content (AvgIpc) is 2.75. The van der Waals surface area contributed by atoms with E-state index in [1.165, 1.54) is 22.5 Å². The Bertz CT molecular complexity index is 1010. The largest absolute Gasteiger partial charge is 0.495 e. The van der Waals surface area contributed by atoms with E-state index in [-0.39, 0.29) is 15.8 Å². The maximum Gasteiger partial charge on any atom is 0.243 e. The monoisotopic (exact) mass is 471 g/mol. The second-order valence-corrected chi connectivity index (χ2v) is 9.57. The molecule has 0 aliphatic carbocycles. The van der Waals surface area contributed by atoms with Crippen molar-refractivity contribution >= 4 is 44.8 Å². The van der Waals surface area contributed by atoms with Crippen molar-refractivity contribution in [3.8, 4) is 5.75 Å². The highest BCUT2D eigenvalue weighted by atomic mass is 35.5. The molecule has 1 saturated heterocycles. The zero-order chi connectivity index (χ0) is 21.7. The number of carbonyl (C=O) groups excluding carboxylic acids is 1. The summed E-state index contributed by atoms with van der Waals surface area (Å²) in [5.74, 6) is 0.484. The number of carbonyl (C=O) groups is 1. The van der Waals surface area contributed by atoms with Crippen molar-refractivity contribution < 1.29 is 17.9 Å². The van der Waals surface area contributed by atoms with Crippen LogP contribution in [0.3, 0.4) is 0 Å². The number of piperazine rings is 1. The van der Waals surface area contributed by atoms with Gasteiger partial charge in [0.05, 0.1) is 27.7 Å². The summed E-state index contributed by atoms with van der Waals surface area (Å²) in [5, 5.41) is 3.36. The Hall–Kier alpha value is -1.84. The number of halogens is 2. The molecule has 2 aromatic rings. The van der Waals surface area contributed by atoms with Gasteiger partial charge in [0, 0.05) is 39.1 Å². The van der Waals surface area contributed by atoms with Crippen LogP contribution in [-0.2, 0) is 14.8 Å². The standard InChI is InChI=1S/C20H23Cl2N3O4S/c1-29-19-5-3-2-4-18(19)23-20(26)8-9-24-10-12-25(13-11-24)30(27,28)15-6-7-16(21)17(22)14-15/h2-7,14H,8-13H2,1H3,(H,23,26). The van der Waals surface area contributed by atoms with Gasteiger partial charge in [-0.3, -0.25) is 4.79 Å². The Morgan fingerprint density at radius 3 is 2.43 bits per heavy atom. The molecule has 10 heteroatoms. The highest BCUT2D eigenvalue weighted by Gasteiger charge is 2.29. The van der Waals surface area contributed by atoms with Gasteiger partial charge in [0.2, 0.25) is 15.9 Å². The Balaban J connectivity index is 1.50. The molecule has 0 spiro atoms. The number of rotatable bonds is 7. The summed E-state index contributed by atoms with van der Waals surface area (Å²) < 4.78 is 32.3. The lowest BCUT2D eigenvalue weighted by molar-refractivity contribution is -0.116. The average molecular weight is 472 g/mol. The highest BCUT2D eigenvalue weighted by molar-refractivity contribution is 7.89. The van der Waals surface area contributed by atoms with Gasteiger partial charge in [-0.1, -0.05) is 35.3 Å². The van der Waals surface area contributed by atoms with Crippen LogP contribution in [0, 0.1) is 0 Å². The predicted molar refractivity (Wildman–Crippen MR) is 118 cm³/mol. The SMILES string of the molecule is COc1ccccc1NC(=O)CCN1CCN(S(=O)(=O)c2ccc(Cl)c(Cl)c2)CC1. The molecule has 3 rings (SSSR count). The van der Waals surface area contributed by atoms with E-state index in [1.807, 2.05) is 12.1 Å². The van der Waals surface area contributed by atoms with E-state index in [0.29, 0.717) is 55.6 Å². The molecule has 2 aromatic carbocycles. The van der Waals surface area contributed by atoms with E-state index in [0.717, 1.165) is 0 Å². The summed E-state index contributed by atoms with van der Waals surface area (Å²) in [6.45, 7) is 2.32. The number of sulfonamides is 1.